The van der Waals surface area contributed by atoms with Gasteiger partial charge in [-0.05, 0) is 68.5 Å². The number of hydrogen-bond acceptors (Lipinski definition) is 5. The van der Waals surface area contributed by atoms with Crippen molar-refractivity contribution in [1.29, 1.82) is 0 Å². The average molecular weight is 482 g/mol. The zero-order valence-corrected chi connectivity index (χ0v) is 20.4. The van der Waals surface area contributed by atoms with Gasteiger partial charge in [0, 0.05) is 68.1 Å². The van der Waals surface area contributed by atoms with E-state index in [0.29, 0.717) is 28.2 Å². The van der Waals surface area contributed by atoms with Crippen LogP contribution in [0.15, 0.2) is 36.5 Å². The molecular formula is C26H32ClN5O2. The number of piperidine rings is 1. The zero-order valence-electron chi connectivity index (χ0n) is 19.7. The van der Waals surface area contributed by atoms with Gasteiger partial charge in [-0.2, -0.15) is 0 Å². The average Bonchev–Trinajstić information content (AvgIpc) is 3.68. The third-order valence-corrected chi connectivity index (χ3v) is 7.45. The van der Waals surface area contributed by atoms with Gasteiger partial charge in [-0.25, -0.2) is 4.98 Å². The predicted molar refractivity (Wildman–Crippen MR) is 134 cm³/mol. The Morgan fingerprint density at radius 2 is 1.62 bits per heavy atom. The molecule has 0 atom stereocenters. The first-order valence-corrected chi connectivity index (χ1v) is 12.7. The molecule has 34 heavy (non-hydrogen) atoms. The van der Waals surface area contributed by atoms with Gasteiger partial charge in [0.1, 0.15) is 5.82 Å². The van der Waals surface area contributed by atoms with E-state index in [0.717, 1.165) is 76.3 Å². The maximum atomic E-state index is 12.8. The lowest BCUT2D eigenvalue weighted by molar-refractivity contribution is 0.0610. The minimum Gasteiger partial charge on any atom is -0.354 e. The number of likely N-dealkylation sites (tertiary alicyclic amines) is 1. The van der Waals surface area contributed by atoms with E-state index in [1.54, 1.807) is 30.5 Å². The first-order valence-electron chi connectivity index (χ1n) is 12.3. The molecule has 3 aliphatic rings. The summed E-state index contributed by atoms with van der Waals surface area (Å²) in [5, 5.41) is 3.68. The van der Waals surface area contributed by atoms with Crippen molar-refractivity contribution in [1.82, 2.24) is 20.1 Å². The van der Waals surface area contributed by atoms with E-state index in [9.17, 15) is 9.59 Å². The van der Waals surface area contributed by atoms with Crippen LogP contribution >= 0.6 is 11.6 Å². The molecule has 1 aromatic heterocycles. The molecule has 2 aliphatic heterocycles. The normalized spacial score (nSPS) is 19.8. The van der Waals surface area contributed by atoms with Gasteiger partial charge < -0.3 is 15.1 Å². The summed E-state index contributed by atoms with van der Waals surface area (Å²) in [5.74, 6) is 1.05. The molecule has 7 nitrogen and oxygen atoms in total. The summed E-state index contributed by atoms with van der Waals surface area (Å²) in [6.45, 7) is 7.43. The zero-order chi connectivity index (χ0) is 23.7. The molecular weight excluding hydrogens is 450 g/mol. The van der Waals surface area contributed by atoms with Crippen LogP contribution in [0.2, 0.25) is 5.02 Å². The highest BCUT2D eigenvalue weighted by Crippen LogP contribution is 2.25. The number of benzene rings is 1. The fraction of sp³-hybridized carbons (Fsp3) is 0.500. The highest BCUT2D eigenvalue weighted by molar-refractivity contribution is 6.30. The molecule has 5 rings (SSSR count). The van der Waals surface area contributed by atoms with Gasteiger partial charge >= 0.3 is 0 Å². The van der Waals surface area contributed by atoms with Crippen molar-refractivity contribution in [3.63, 3.8) is 0 Å². The lowest BCUT2D eigenvalue weighted by Gasteiger charge is -2.43. The summed E-state index contributed by atoms with van der Waals surface area (Å²) in [7, 11) is 0. The van der Waals surface area contributed by atoms with Crippen LogP contribution in [0.1, 0.15) is 52.0 Å². The number of halogens is 1. The van der Waals surface area contributed by atoms with Crippen LogP contribution in [0, 0.1) is 6.92 Å². The van der Waals surface area contributed by atoms with Gasteiger partial charge in [0.2, 0.25) is 0 Å². The number of piperazine rings is 1. The fourth-order valence-electron chi connectivity index (χ4n) is 5.03. The first-order chi connectivity index (χ1) is 16.5. The van der Waals surface area contributed by atoms with E-state index < -0.39 is 0 Å². The molecule has 0 radical (unpaired) electrons. The molecule has 180 valence electrons. The van der Waals surface area contributed by atoms with Gasteiger partial charge in [-0.15, -0.1) is 0 Å². The third-order valence-electron chi connectivity index (χ3n) is 7.20. The minimum absolute atomic E-state index is 0.0182. The summed E-state index contributed by atoms with van der Waals surface area (Å²) >= 11 is 5.95. The molecule has 1 saturated carbocycles. The SMILES string of the molecule is Cc1cc(C(=O)NC2CC2)cnc1N1CCN(C2CCN(C(=O)c3ccc(Cl)cc3)CC2)CC1. The summed E-state index contributed by atoms with van der Waals surface area (Å²) in [5.41, 5.74) is 2.40. The van der Waals surface area contributed by atoms with Gasteiger partial charge in [0.25, 0.3) is 11.8 Å². The molecule has 3 fully saturated rings. The Bertz CT molecular complexity index is 1040. The number of nitrogens with zero attached hydrogens (tertiary/aromatic N) is 4. The van der Waals surface area contributed by atoms with Crippen LogP contribution in [0.5, 0.6) is 0 Å². The summed E-state index contributed by atoms with van der Waals surface area (Å²) in [4.78, 5) is 36.6. The van der Waals surface area contributed by atoms with Crippen molar-refractivity contribution in [2.75, 3.05) is 44.2 Å². The standard InChI is InChI=1S/C26H32ClN5O2/c1-18-16-20(25(33)29-22-6-7-22)17-28-24(18)31-14-12-30(13-15-31)23-8-10-32(11-9-23)26(34)19-2-4-21(27)5-3-19/h2-5,16-17,22-23H,6-15H2,1H3,(H,29,33). The van der Waals surface area contributed by atoms with Gasteiger partial charge in [-0.3, -0.25) is 14.5 Å². The van der Waals surface area contributed by atoms with Crippen molar-refractivity contribution in [2.45, 2.75) is 44.7 Å². The van der Waals surface area contributed by atoms with Crippen molar-refractivity contribution in [3.05, 3.63) is 58.2 Å². The highest BCUT2D eigenvalue weighted by atomic mass is 35.5. The Morgan fingerprint density at radius 1 is 0.941 bits per heavy atom. The number of carbonyl (C=O) groups excluding carboxylic acids is 2. The second-order valence-corrected chi connectivity index (χ2v) is 10.1. The molecule has 0 bridgehead atoms. The first kappa shape index (κ1) is 23.1. The van der Waals surface area contributed by atoms with E-state index in [4.69, 9.17) is 11.6 Å². The Morgan fingerprint density at radius 3 is 2.24 bits per heavy atom. The maximum absolute atomic E-state index is 12.8. The molecule has 2 aromatic rings. The Balaban J connectivity index is 1.11. The van der Waals surface area contributed by atoms with Crippen molar-refractivity contribution >= 4 is 29.2 Å². The number of amides is 2. The second kappa shape index (κ2) is 9.92. The fourth-order valence-corrected chi connectivity index (χ4v) is 5.15. The van der Waals surface area contributed by atoms with Crippen LogP contribution in [-0.2, 0) is 0 Å². The monoisotopic (exact) mass is 481 g/mol. The molecule has 3 heterocycles. The summed E-state index contributed by atoms with van der Waals surface area (Å²) < 4.78 is 0. The third kappa shape index (κ3) is 5.20. The van der Waals surface area contributed by atoms with Crippen molar-refractivity contribution in [3.8, 4) is 0 Å². The second-order valence-electron chi connectivity index (χ2n) is 9.67. The largest absolute Gasteiger partial charge is 0.354 e. The minimum atomic E-state index is -0.0182. The predicted octanol–water partition coefficient (Wildman–Crippen LogP) is 3.36. The van der Waals surface area contributed by atoms with E-state index in [-0.39, 0.29) is 11.8 Å². The lowest BCUT2D eigenvalue weighted by atomic mass is 10.0. The number of pyridine rings is 1. The number of anilines is 1. The van der Waals surface area contributed by atoms with E-state index in [1.165, 1.54) is 0 Å². The van der Waals surface area contributed by atoms with Crippen LogP contribution in [0.4, 0.5) is 5.82 Å². The Hall–Kier alpha value is -2.64. The van der Waals surface area contributed by atoms with E-state index in [2.05, 4.69) is 20.1 Å². The lowest BCUT2D eigenvalue weighted by Crippen LogP contribution is -2.54. The molecule has 1 N–H and O–H groups in total. The topological polar surface area (TPSA) is 68.8 Å². The number of nitrogens with one attached hydrogen (secondary N) is 1. The summed E-state index contributed by atoms with van der Waals surface area (Å²) in [6, 6.07) is 9.97. The molecule has 2 saturated heterocycles. The number of carbonyl (C=O) groups is 2. The quantitative estimate of drug-likeness (QED) is 0.709. The molecule has 0 unspecified atom stereocenters. The van der Waals surface area contributed by atoms with Crippen LogP contribution < -0.4 is 10.2 Å². The molecule has 1 aromatic carbocycles. The summed E-state index contributed by atoms with van der Waals surface area (Å²) in [6.07, 6.45) is 5.87. The van der Waals surface area contributed by atoms with Crippen LogP contribution in [0.3, 0.4) is 0 Å². The number of rotatable bonds is 5. The number of aromatic nitrogens is 1. The van der Waals surface area contributed by atoms with Gasteiger partial charge in [0.05, 0.1) is 5.56 Å². The van der Waals surface area contributed by atoms with Crippen LogP contribution in [-0.4, -0.2) is 78.0 Å². The van der Waals surface area contributed by atoms with Crippen LogP contribution in [0.25, 0.3) is 0 Å². The van der Waals surface area contributed by atoms with Crippen molar-refractivity contribution < 1.29 is 9.59 Å². The van der Waals surface area contributed by atoms with E-state index in [1.807, 2.05) is 17.9 Å². The van der Waals surface area contributed by atoms with Gasteiger partial charge in [-0.1, -0.05) is 11.6 Å². The maximum Gasteiger partial charge on any atom is 0.253 e. The Labute approximate surface area is 206 Å². The van der Waals surface area contributed by atoms with Crippen molar-refractivity contribution in [2.24, 2.45) is 0 Å². The molecule has 2 amide bonds. The van der Waals surface area contributed by atoms with Gasteiger partial charge in [0.15, 0.2) is 0 Å². The molecule has 8 heteroatoms. The smallest absolute Gasteiger partial charge is 0.253 e. The molecule has 0 spiro atoms. The number of hydrogen-bond donors (Lipinski definition) is 1. The van der Waals surface area contributed by atoms with E-state index >= 15 is 0 Å². The molecule has 1 aliphatic carbocycles. The Kier molecular flexibility index (Phi) is 6.75. The number of aryl methyl sites for hydroxylation is 1. The highest BCUT2D eigenvalue weighted by Gasteiger charge is 2.30.